The standard InChI is InChI=1S/C10H10IN/c11-10(7-4-8-12)9-5-2-1-3-6-9/h1-3,5-6,10H,4,7H2. The van der Waals surface area contributed by atoms with Gasteiger partial charge in [-0.2, -0.15) is 5.26 Å². The summed E-state index contributed by atoms with van der Waals surface area (Å²) in [5.41, 5.74) is 1.31. The number of nitriles is 1. The maximum Gasteiger partial charge on any atom is 0.0622 e. The van der Waals surface area contributed by atoms with Crippen LogP contribution in [0.25, 0.3) is 0 Å². The lowest BCUT2D eigenvalue weighted by molar-refractivity contribution is 0.855. The van der Waals surface area contributed by atoms with E-state index in [0.29, 0.717) is 10.3 Å². The van der Waals surface area contributed by atoms with Crippen LogP contribution >= 0.6 is 22.6 Å². The maximum atomic E-state index is 8.41. The summed E-state index contributed by atoms with van der Waals surface area (Å²) < 4.78 is 0.475. The van der Waals surface area contributed by atoms with Crippen LogP contribution in [0, 0.1) is 11.3 Å². The van der Waals surface area contributed by atoms with E-state index in [1.807, 2.05) is 18.2 Å². The van der Waals surface area contributed by atoms with Crippen molar-refractivity contribution in [1.29, 1.82) is 5.26 Å². The Hall–Kier alpha value is -0.560. The molecule has 1 rings (SSSR count). The summed E-state index contributed by atoms with van der Waals surface area (Å²) in [5, 5.41) is 8.41. The number of nitrogens with zero attached hydrogens (tertiary/aromatic N) is 1. The van der Waals surface area contributed by atoms with Gasteiger partial charge in [-0.15, -0.1) is 0 Å². The third-order valence-corrected chi connectivity index (χ3v) is 3.01. The van der Waals surface area contributed by atoms with Gasteiger partial charge < -0.3 is 0 Å². The SMILES string of the molecule is N#CCCC(I)c1ccccc1. The van der Waals surface area contributed by atoms with Gasteiger partial charge in [0.15, 0.2) is 0 Å². The fourth-order valence-electron chi connectivity index (χ4n) is 1.02. The summed E-state index contributed by atoms with van der Waals surface area (Å²) in [5.74, 6) is 0. The van der Waals surface area contributed by atoms with E-state index in [1.165, 1.54) is 5.56 Å². The molecule has 1 nitrogen and oxygen atoms in total. The monoisotopic (exact) mass is 271 g/mol. The first-order chi connectivity index (χ1) is 5.84. The van der Waals surface area contributed by atoms with Crippen LogP contribution in [0.5, 0.6) is 0 Å². The molecule has 12 heavy (non-hydrogen) atoms. The highest BCUT2D eigenvalue weighted by Gasteiger charge is 2.04. The number of hydrogen-bond donors (Lipinski definition) is 0. The van der Waals surface area contributed by atoms with Crippen molar-refractivity contribution in [1.82, 2.24) is 0 Å². The Morgan fingerprint density at radius 1 is 1.33 bits per heavy atom. The normalized spacial score (nSPS) is 12.0. The average Bonchev–Trinajstić information content (AvgIpc) is 2.15. The quantitative estimate of drug-likeness (QED) is 0.610. The van der Waals surface area contributed by atoms with Crippen LogP contribution in [-0.2, 0) is 0 Å². The van der Waals surface area contributed by atoms with E-state index in [4.69, 9.17) is 5.26 Å². The summed E-state index contributed by atoms with van der Waals surface area (Å²) >= 11 is 2.38. The Bertz CT molecular complexity index is 263. The first-order valence-electron chi connectivity index (χ1n) is 3.90. The lowest BCUT2D eigenvalue weighted by Crippen LogP contribution is -1.87. The zero-order valence-electron chi connectivity index (χ0n) is 6.70. The zero-order chi connectivity index (χ0) is 8.81. The molecule has 1 aromatic rings. The van der Waals surface area contributed by atoms with Crippen LogP contribution in [0.3, 0.4) is 0 Å². The van der Waals surface area contributed by atoms with Gasteiger partial charge in [0.2, 0.25) is 0 Å². The first kappa shape index (κ1) is 9.53. The molecule has 62 valence electrons. The minimum Gasteiger partial charge on any atom is -0.198 e. The molecule has 0 spiro atoms. The second-order valence-electron chi connectivity index (χ2n) is 2.58. The number of alkyl halides is 1. The van der Waals surface area contributed by atoms with E-state index in [9.17, 15) is 0 Å². The highest BCUT2D eigenvalue weighted by atomic mass is 127. The highest BCUT2D eigenvalue weighted by molar-refractivity contribution is 14.1. The van der Waals surface area contributed by atoms with E-state index >= 15 is 0 Å². The smallest absolute Gasteiger partial charge is 0.0622 e. The second kappa shape index (κ2) is 5.15. The molecule has 2 heteroatoms. The molecule has 0 radical (unpaired) electrons. The molecule has 1 atom stereocenters. The molecule has 0 saturated heterocycles. The number of rotatable bonds is 3. The summed E-state index contributed by atoms with van der Waals surface area (Å²) in [6.45, 7) is 0. The fraction of sp³-hybridized carbons (Fsp3) is 0.300. The van der Waals surface area contributed by atoms with E-state index < -0.39 is 0 Å². The van der Waals surface area contributed by atoms with E-state index in [-0.39, 0.29) is 0 Å². The third kappa shape index (κ3) is 2.82. The molecular formula is C10H10IN. The van der Waals surface area contributed by atoms with Crippen LogP contribution in [-0.4, -0.2) is 0 Å². The summed E-state index contributed by atoms with van der Waals surface area (Å²) in [7, 11) is 0. The molecule has 0 heterocycles. The molecule has 0 aliphatic heterocycles. The van der Waals surface area contributed by atoms with Crippen LogP contribution in [0.15, 0.2) is 30.3 Å². The van der Waals surface area contributed by atoms with Crippen molar-refractivity contribution < 1.29 is 0 Å². The van der Waals surface area contributed by atoms with Crippen molar-refractivity contribution in [2.75, 3.05) is 0 Å². The lowest BCUT2D eigenvalue weighted by atomic mass is 10.1. The predicted octanol–water partition coefficient (Wildman–Crippen LogP) is 3.47. The minimum absolute atomic E-state index is 0.475. The Morgan fingerprint density at radius 2 is 2.00 bits per heavy atom. The largest absolute Gasteiger partial charge is 0.198 e. The second-order valence-corrected chi connectivity index (χ2v) is 4.08. The first-order valence-corrected chi connectivity index (χ1v) is 5.15. The van der Waals surface area contributed by atoms with E-state index in [2.05, 4.69) is 40.8 Å². The summed E-state index contributed by atoms with van der Waals surface area (Å²) in [6, 6.07) is 12.5. The molecule has 0 bridgehead atoms. The molecule has 1 aromatic carbocycles. The van der Waals surface area contributed by atoms with Gasteiger partial charge in [0.05, 0.1) is 6.07 Å². The fourth-order valence-corrected chi connectivity index (χ4v) is 1.75. The summed E-state index contributed by atoms with van der Waals surface area (Å²) in [4.78, 5) is 0. The topological polar surface area (TPSA) is 23.8 Å². The Balaban J connectivity index is 2.55. The highest BCUT2D eigenvalue weighted by Crippen LogP contribution is 2.27. The van der Waals surface area contributed by atoms with E-state index in [1.54, 1.807) is 0 Å². The van der Waals surface area contributed by atoms with E-state index in [0.717, 1.165) is 6.42 Å². The van der Waals surface area contributed by atoms with Crippen molar-refractivity contribution in [3.63, 3.8) is 0 Å². The zero-order valence-corrected chi connectivity index (χ0v) is 8.86. The van der Waals surface area contributed by atoms with Gasteiger partial charge in [-0.1, -0.05) is 52.9 Å². The Morgan fingerprint density at radius 3 is 2.58 bits per heavy atom. The molecule has 0 aliphatic rings. The molecule has 0 N–H and O–H groups in total. The van der Waals surface area contributed by atoms with Gasteiger partial charge in [-0.3, -0.25) is 0 Å². The molecule has 0 fully saturated rings. The predicted molar refractivity (Wildman–Crippen MR) is 58.1 cm³/mol. The Kier molecular flexibility index (Phi) is 4.09. The van der Waals surface area contributed by atoms with Gasteiger partial charge in [0.25, 0.3) is 0 Å². The van der Waals surface area contributed by atoms with Gasteiger partial charge in [0.1, 0.15) is 0 Å². The van der Waals surface area contributed by atoms with Crippen molar-refractivity contribution >= 4 is 22.6 Å². The molecule has 0 aliphatic carbocycles. The van der Waals surface area contributed by atoms with Crippen LogP contribution in [0.1, 0.15) is 22.3 Å². The molecule has 0 amide bonds. The lowest BCUT2D eigenvalue weighted by Gasteiger charge is -2.06. The third-order valence-electron chi connectivity index (χ3n) is 1.67. The van der Waals surface area contributed by atoms with Gasteiger partial charge in [-0.25, -0.2) is 0 Å². The Labute approximate surface area is 86.5 Å². The van der Waals surface area contributed by atoms with Crippen molar-refractivity contribution in [3.8, 4) is 6.07 Å². The maximum absolute atomic E-state index is 8.41. The van der Waals surface area contributed by atoms with Crippen LogP contribution < -0.4 is 0 Å². The van der Waals surface area contributed by atoms with Gasteiger partial charge in [-0.05, 0) is 12.0 Å². The van der Waals surface area contributed by atoms with Gasteiger partial charge >= 0.3 is 0 Å². The van der Waals surface area contributed by atoms with Crippen LogP contribution in [0.2, 0.25) is 0 Å². The van der Waals surface area contributed by atoms with Gasteiger partial charge in [0, 0.05) is 10.3 Å². The van der Waals surface area contributed by atoms with Crippen molar-refractivity contribution in [2.24, 2.45) is 0 Å². The molecule has 0 aromatic heterocycles. The molecular weight excluding hydrogens is 261 g/mol. The van der Waals surface area contributed by atoms with Crippen molar-refractivity contribution in [3.05, 3.63) is 35.9 Å². The number of benzene rings is 1. The number of halogens is 1. The average molecular weight is 271 g/mol. The van der Waals surface area contributed by atoms with Crippen LogP contribution in [0.4, 0.5) is 0 Å². The molecule has 0 saturated carbocycles. The van der Waals surface area contributed by atoms with Crippen molar-refractivity contribution in [2.45, 2.75) is 16.8 Å². The minimum atomic E-state index is 0.475. The molecule has 1 unspecified atom stereocenters. The number of hydrogen-bond acceptors (Lipinski definition) is 1. The summed E-state index contributed by atoms with van der Waals surface area (Å²) in [6.07, 6.45) is 1.59.